The van der Waals surface area contributed by atoms with Crippen molar-refractivity contribution in [1.82, 2.24) is 0 Å². The zero-order valence-corrected chi connectivity index (χ0v) is 14.0. The molecule has 122 valence electrons. The van der Waals surface area contributed by atoms with E-state index in [0.29, 0.717) is 23.7 Å². The summed E-state index contributed by atoms with van der Waals surface area (Å²) in [6, 6.07) is 16.4. The van der Waals surface area contributed by atoms with Crippen molar-refractivity contribution >= 4 is 15.7 Å². The maximum Gasteiger partial charge on any atom is 0.264 e. The molecule has 0 aromatic heterocycles. The number of hydrogen-bond acceptors (Lipinski definition) is 3. The van der Waals surface area contributed by atoms with E-state index in [2.05, 4.69) is 6.92 Å². The largest absolute Gasteiger partial charge is 0.371 e. The molecule has 1 atom stereocenters. The molecule has 0 amide bonds. The zero-order valence-electron chi connectivity index (χ0n) is 13.2. The molecule has 4 nitrogen and oxygen atoms in total. The molecule has 2 aromatic rings. The highest BCUT2D eigenvalue weighted by Gasteiger charge is 2.32. The van der Waals surface area contributed by atoms with E-state index in [0.717, 1.165) is 18.4 Å². The van der Waals surface area contributed by atoms with E-state index in [1.165, 1.54) is 4.31 Å². The maximum absolute atomic E-state index is 13.0. The van der Waals surface area contributed by atoms with Gasteiger partial charge in [0.15, 0.2) is 0 Å². The Kier molecular flexibility index (Phi) is 4.68. The predicted molar refractivity (Wildman–Crippen MR) is 91.2 cm³/mol. The SMILES string of the molecule is CCCc1ccc(S(=O)(=O)N(CC2CO2)c2ccccc2)cc1. The molecule has 1 aliphatic rings. The van der Waals surface area contributed by atoms with E-state index in [-0.39, 0.29) is 6.10 Å². The van der Waals surface area contributed by atoms with Crippen molar-refractivity contribution < 1.29 is 13.2 Å². The van der Waals surface area contributed by atoms with E-state index >= 15 is 0 Å². The standard InChI is InChI=1S/C18H21NO3S/c1-2-6-15-9-11-18(12-10-15)23(20,21)19(13-17-14-22-17)16-7-4-3-5-8-16/h3-5,7-12,17H,2,6,13-14H2,1H3. The summed E-state index contributed by atoms with van der Waals surface area (Å²) >= 11 is 0. The molecule has 5 heteroatoms. The second kappa shape index (κ2) is 6.72. The number of hydrogen-bond donors (Lipinski definition) is 0. The van der Waals surface area contributed by atoms with Crippen LogP contribution in [0.1, 0.15) is 18.9 Å². The van der Waals surface area contributed by atoms with Crippen LogP contribution >= 0.6 is 0 Å². The van der Waals surface area contributed by atoms with E-state index in [9.17, 15) is 8.42 Å². The fraction of sp³-hybridized carbons (Fsp3) is 0.333. The molecule has 23 heavy (non-hydrogen) atoms. The molecule has 0 radical (unpaired) electrons. The van der Waals surface area contributed by atoms with Crippen molar-refractivity contribution in [3.8, 4) is 0 Å². The van der Waals surface area contributed by atoms with Gasteiger partial charge in [-0.15, -0.1) is 0 Å². The molecule has 1 fully saturated rings. The van der Waals surface area contributed by atoms with Crippen LogP contribution in [-0.2, 0) is 21.2 Å². The number of rotatable bonds is 7. The summed E-state index contributed by atoms with van der Waals surface area (Å²) in [5, 5.41) is 0. The number of benzene rings is 2. The van der Waals surface area contributed by atoms with Crippen LogP contribution in [0.25, 0.3) is 0 Å². The summed E-state index contributed by atoms with van der Waals surface area (Å²) in [6.07, 6.45) is 1.99. The molecule has 0 spiro atoms. The van der Waals surface area contributed by atoms with Crippen LogP contribution in [0.15, 0.2) is 59.5 Å². The van der Waals surface area contributed by atoms with Crippen LogP contribution in [0.2, 0.25) is 0 Å². The Balaban J connectivity index is 1.93. The molecule has 1 unspecified atom stereocenters. The normalized spacial score (nSPS) is 17.0. The number of anilines is 1. The van der Waals surface area contributed by atoms with Crippen LogP contribution < -0.4 is 4.31 Å². The molecular formula is C18H21NO3S. The fourth-order valence-corrected chi connectivity index (χ4v) is 4.04. The first-order valence-corrected chi connectivity index (χ1v) is 9.33. The highest BCUT2D eigenvalue weighted by Crippen LogP contribution is 2.26. The lowest BCUT2D eigenvalue weighted by molar-refractivity contribution is 0.412. The third-order valence-corrected chi connectivity index (χ3v) is 5.67. The maximum atomic E-state index is 13.0. The Morgan fingerprint density at radius 3 is 2.30 bits per heavy atom. The van der Waals surface area contributed by atoms with E-state index in [4.69, 9.17) is 4.74 Å². The monoisotopic (exact) mass is 331 g/mol. The average molecular weight is 331 g/mol. The Labute approximate surface area is 137 Å². The van der Waals surface area contributed by atoms with Crippen LogP contribution in [-0.4, -0.2) is 27.7 Å². The summed E-state index contributed by atoms with van der Waals surface area (Å²) in [6.45, 7) is 3.08. The lowest BCUT2D eigenvalue weighted by Gasteiger charge is -2.24. The Morgan fingerprint density at radius 1 is 1.09 bits per heavy atom. The van der Waals surface area contributed by atoms with Gasteiger partial charge in [0.25, 0.3) is 10.0 Å². The molecule has 0 saturated carbocycles. The lowest BCUT2D eigenvalue weighted by atomic mass is 10.1. The molecule has 0 N–H and O–H groups in total. The minimum atomic E-state index is -3.59. The minimum absolute atomic E-state index is 0.00987. The summed E-state index contributed by atoms with van der Waals surface area (Å²) in [4.78, 5) is 0.321. The van der Waals surface area contributed by atoms with Crippen LogP contribution in [0.3, 0.4) is 0 Å². The van der Waals surface area contributed by atoms with Gasteiger partial charge in [-0.2, -0.15) is 0 Å². The molecule has 1 saturated heterocycles. The Hall–Kier alpha value is -1.85. The van der Waals surface area contributed by atoms with Gasteiger partial charge in [-0.25, -0.2) is 8.42 Å². The van der Waals surface area contributed by atoms with Crippen molar-refractivity contribution in [2.45, 2.75) is 30.8 Å². The highest BCUT2D eigenvalue weighted by atomic mass is 32.2. The van der Waals surface area contributed by atoms with Gasteiger partial charge in [-0.1, -0.05) is 43.7 Å². The van der Waals surface area contributed by atoms with E-state index in [1.807, 2.05) is 42.5 Å². The fourth-order valence-electron chi connectivity index (χ4n) is 2.54. The van der Waals surface area contributed by atoms with Gasteiger partial charge in [-0.05, 0) is 36.2 Å². The molecular weight excluding hydrogens is 310 g/mol. The first-order valence-electron chi connectivity index (χ1n) is 7.89. The molecule has 2 aromatic carbocycles. The summed E-state index contributed by atoms with van der Waals surface area (Å²) < 4.78 is 32.8. The number of aryl methyl sites for hydroxylation is 1. The van der Waals surface area contributed by atoms with Crippen molar-refractivity contribution in [3.05, 3.63) is 60.2 Å². The van der Waals surface area contributed by atoms with Gasteiger partial charge >= 0.3 is 0 Å². The predicted octanol–water partition coefficient (Wildman–Crippen LogP) is 3.23. The van der Waals surface area contributed by atoms with Gasteiger partial charge in [0.1, 0.15) is 0 Å². The first kappa shape index (κ1) is 16.0. The Morgan fingerprint density at radius 2 is 1.74 bits per heavy atom. The van der Waals surface area contributed by atoms with E-state index < -0.39 is 10.0 Å². The van der Waals surface area contributed by atoms with Gasteiger partial charge in [0.05, 0.1) is 29.8 Å². The summed E-state index contributed by atoms with van der Waals surface area (Å²) in [5.74, 6) is 0. The van der Waals surface area contributed by atoms with Crippen molar-refractivity contribution in [2.75, 3.05) is 17.5 Å². The number of ether oxygens (including phenoxy) is 1. The van der Waals surface area contributed by atoms with E-state index in [1.54, 1.807) is 12.1 Å². The topological polar surface area (TPSA) is 49.9 Å². The van der Waals surface area contributed by atoms with Crippen LogP contribution in [0, 0.1) is 0 Å². The minimum Gasteiger partial charge on any atom is -0.371 e. The van der Waals surface area contributed by atoms with Crippen molar-refractivity contribution in [2.24, 2.45) is 0 Å². The van der Waals surface area contributed by atoms with Gasteiger partial charge in [0.2, 0.25) is 0 Å². The molecule has 0 aliphatic carbocycles. The highest BCUT2D eigenvalue weighted by molar-refractivity contribution is 7.92. The molecule has 1 heterocycles. The van der Waals surface area contributed by atoms with Crippen LogP contribution in [0.4, 0.5) is 5.69 Å². The van der Waals surface area contributed by atoms with Crippen molar-refractivity contribution in [3.63, 3.8) is 0 Å². The number of para-hydroxylation sites is 1. The number of epoxide rings is 1. The third kappa shape index (κ3) is 3.74. The Bertz CT molecular complexity index is 738. The third-order valence-electron chi connectivity index (χ3n) is 3.87. The first-order chi connectivity index (χ1) is 11.1. The second-order valence-electron chi connectivity index (χ2n) is 5.72. The van der Waals surface area contributed by atoms with Gasteiger partial charge in [0, 0.05) is 0 Å². The van der Waals surface area contributed by atoms with Crippen LogP contribution in [0.5, 0.6) is 0 Å². The van der Waals surface area contributed by atoms with Gasteiger partial charge < -0.3 is 4.74 Å². The molecule has 0 bridgehead atoms. The average Bonchev–Trinajstić information content (AvgIpc) is 3.38. The quantitative estimate of drug-likeness (QED) is 0.732. The zero-order chi connectivity index (χ0) is 16.3. The molecule has 3 rings (SSSR count). The summed E-state index contributed by atoms with van der Waals surface area (Å²) in [5.41, 5.74) is 1.82. The summed E-state index contributed by atoms with van der Waals surface area (Å²) in [7, 11) is -3.59. The lowest BCUT2D eigenvalue weighted by Crippen LogP contribution is -2.34. The number of nitrogens with zero attached hydrogens (tertiary/aromatic N) is 1. The molecule has 1 aliphatic heterocycles. The number of sulfonamides is 1. The smallest absolute Gasteiger partial charge is 0.264 e. The second-order valence-corrected chi connectivity index (χ2v) is 7.58. The van der Waals surface area contributed by atoms with Gasteiger partial charge in [-0.3, -0.25) is 4.31 Å². The van der Waals surface area contributed by atoms with Crippen molar-refractivity contribution in [1.29, 1.82) is 0 Å².